The molecule has 0 aliphatic heterocycles. The second kappa shape index (κ2) is 8.74. The normalized spacial score (nSPS) is 15.4. The van der Waals surface area contributed by atoms with Gasteiger partial charge in [-0.3, -0.25) is 5.01 Å². The van der Waals surface area contributed by atoms with Crippen molar-refractivity contribution < 1.29 is 84.2 Å². The van der Waals surface area contributed by atoms with E-state index in [1.807, 2.05) is 0 Å². The van der Waals surface area contributed by atoms with E-state index in [2.05, 4.69) is 0 Å². The van der Waals surface area contributed by atoms with Crippen molar-refractivity contribution in [3.05, 3.63) is 16.9 Å². The minimum Gasteiger partial charge on any atom is -0.743 e. The molecule has 0 aliphatic rings. The van der Waals surface area contributed by atoms with Crippen molar-refractivity contribution in [1.82, 2.24) is 20.3 Å². The van der Waals surface area contributed by atoms with E-state index in [1.165, 1.54) is 0 Å². The maximum atomic E-state index is 13.3. The number of anilines is 1. The van der Waals surface area contributed by atoms with Crippen LogP contribution in [0.15, 0.2) is 0 Å². The Morgan fingerprint density at radius 3 is 0.892 bits per heavy atom. The van der Waals surface area contributed by atoms with Gasteiger partial charge in [-0.15, -0.1) is 0 Å². The van der Waals surface area contributed by atoms with Gasteiger partial charge in [-0.25, -0.2) is 4.98 Å². The third-order valence-corrected chi connectivity index (χ3v) is 4.39. The van der Waals surface area contributed by atoms with Gasteiger partial charge < -0.3 is 10.4 Å². The van der Waals surface area contributed by atoms with Gasteiger partial charge in [0.2, 0.25) is 5.95 Å². The standard InChI is InChI=1S/C12H4F18N5O2/c1-34(35(36)37)4-32-2(5(7(13,14)15,8(16,17)18)9(19,20)21)31-3(33-4)6(10(22,23)24,11(25,26)27)12(28,29)30/h36H,1H3/q-1. The van der Waals surface area contributed by atoms with Crippen LogP contribution in [0.1, 0.15) is 11.6 Å². The molecule has 0 spiro atoms. The Labute approximate surface area is 188 Å². The quantitative estimate of drug-likeness (QED) is 0.377. The summed E-state index contributed by atoms with van der Waals surface area (Å²) in [5, 5.41) is 16.4. The first-order valence-corrected chi connectivity index (χ1v) is 8.00. The number of hydrogen-bond acceptors (Lipinski definition) is 7. The zero-order chi connectivity index (χ0) is 30.0. The summed E-state index contributed by atoms with van der Waals surface area (Å²) in [6.07, 6.45) is -47.1. The Hall–Kier alpha value is -2.57. The fraction of sp³-hybridized carbons (Fsp3) is 0.750. The molecule has 25 heteroatoms. The summed E-state index contributed by atoms with van der Waals surface area (Å²) in [5.41, 5.74) is -15.3. The molecule has 0 amide bonds. The van der Waals surface area contributed by atoms with Gasteiger partial charge >= 0.3 is 47.9 Å². The molecule has 7 nitrogen and oxygen atoms in total. The number of halogens is 18. The van der Waals surface area contributed by atoms with E-state index in [4.69, 9.17) is 5.21 Å². The van der Waals surface area contributed by atoms with Crippen LogP contribution in [0.5, 0.6) is 0 Å². The molecule has 1 aromatic rings. The molecule has 0 saturated heterocycles. The van der Waals surface area contributed by atoms with Gasteiger partial charge in [0.05, 0.1) is 0 Å². The van der Waals surface area contributed by atoms with Crippen molar-refractivity contribution in [3.8, 4) is 0 Å². The van der Waals surface area contributed by atoms with E-state index in [-0.39, 0.29) is 7.05 Å². The number of aromatic nitrogens is 3. The molecule has 0 saturated carbocycles. The molecule has 1 N–H and O–H groups in total. The van der Waals surface area contributed by atoms with E-state index in [1.54, 1.807) is 9.97 Å². The average molecular weight is 592 g/mol. The number of nitrogens with zero attached hydrogens (tertiary/aromatic N) is 5. The zero-order valence-corrected chi connectivity index (χ0v) is 16.4. The third-order valence-electron chi connectivity index (χ3n) is 4.39. The van der Waals surface area contributed by atoms with Crippen molar-refractivity contribution in [2.24, 2.45) is 0 Å². The lowest BCUT2D eigenvalue weighted by molar-refractivity contribution is -0.391. The Bertz CT molecular complexity index is 832. The topological polar surface area (TPSA) is 88.4 Å². The maximum absolute atomic E-state index is 13.3. The number of alkyl halides is 18. The molecule has 0 radical (unpaired) electrons. The molecule has 0 aliphatic carbocycles. The van der Waals surface area contributed by atoms with Crippen molar-refractivity contribution in [2.45, 2.75) is 47.9 Å². The zero-order valence-electron chi connectivity index (χ0n) is 16.4. The highest BCUT2D eigenvalue weighted by atomic mass is 19.4. The molecule has 1 heterocycles. The number of rotatable bonds is 4. The summed E-state index contributed by atoms with van der Waals surface area (Å²) >= 11 is 0. The van der Waals surface area contributed by atoms with Gasteiger partial charge in [-0.2, -0.15) is 94.3 Å². The van der Waals surface area contributed by atoms with Crippen LogP contribution in [0.2, 0.25) is 0 Å². The van der Waals surface area contributed by atoms with E-state index < -0.39 is 75.8 Å². The minimum atomic E-state index is -7.86. The van der Waals surface area contributed by atoms with Crippen LogP contribution in [-0.2, 0) is 10.8 Å². The van der Waals surface area contributed by atoms with Crippen molar-refractivity contribution >= 4 is 5.95 Å². The highest BCUT2D eigenvalue weighted by molar-refractivity contribution is 5.35. The Morgan fingerprint density at radius 2 is 0.730 bits per heavy atom. The third kappa shape index (κ3) is 4.74. The summed E-state index contributed by atoms with van der Waals surface area (Å²) in [4.78, 5) is 4.60. The van der Waals surface area contributed by atoms with E-state index in [9.17, 15) is 84.2 Å². The molecule has 1 aromatic heterocycles. The molecule has 0 atom stereocenters. The van der Waals surface area contributed by atoms with E-state index >= 15 is 0 Å². The van der Waals surface area contributed by atoms with Crippen LogP contribution in [-0.4, -0.2) is 69.6 Å². The summed E-state index contributed by atoms with van der Waals surface area (Å²) in [7, 11) is -0.206. The molecule has 0 aromatic carbocycles. The fourth-order valence-corrected chi connectivity index (χ4v) is 2.65. The Kier molecular flexibility index (Phi) is 7.67. The molecular formula is C12H4F18N5O2-. The van der Waals surface area contributed by atoms with Crippen LogP contribution in [0.4, 0.5) is 85.0 Å². The molecule has 37 heavy (non-hydrogen) atoms. The van der Waals surface area contributed by atoms with Gasteiger partial charge in [-0.05, 0) is 0 Å². The van der Waals surface area contributed by atoms with Gasteiger partial charge in [-0.1, -0.05) is 0 Å². The van der Waals surface area contributed by atoms with Gasteiger partial charge in [0.15, 0.2) is 11.6 Å². The van der Waals surface area contributed by atoms with Gasteiger partial charge in [0.1, 0.15) is 0 Å². The Morgan fingerprint density at radius 1 is 0.514 bits per heavy atom. The maximum Gasteiger partial charge on any atom is 0.419 e. The van der Waals surface area contributed by atoms with Gasteiger partial charge in [0.25, 0.3) is 0 Å². The summed E-state index contributed by atoms with van der Waals surface area (Å²) in [5.74, 6) is -11.3. The first-order chi connectivity index (χ1) is 15.9. The lowest BCUT2D eigenvalue weighted by Gasteiger charge is -2.40. The molecule has 1 rings (SSSR count). The molecule has 0 bridgehead atoms. The smallest absolute Gasteiger partial charge is 0.419 e. The molecule has 216 valence electrons. The largest absolute Gasteiger partial charge is 0.743 e. The van der Waals surface area contributed by atoms with E-state index in [0.29, 0.717) is 0 Å². The van der Waals surface area contributed by atoms with Crippen LogP contribution in [0, 0.1) is 5.21 Å². The highest BCUT2D eigenvalue weighted by Gasteiger charge is 2.89. The number of hydrazine groups is 1. The van der Waals surface area contributed by atoms with Crippen LogP contribution < -0.4 is 5.01 Å². The summed E-state index contributed by atoms with van der Waals surface area (Å²) in [6.45, 7) is 0. The minimum absolute atomic E-state index is 0.206. The predicted octanol–water partition coefficient (Wildman–Crippen LogP) is 5.26. The number of hydrogen-bond donors (Lipinski definition) is 1. The first-order valence-electron chi connectivity index (χ1n) is 8.00. The van der Waals surface area contributed by atoms with Crippen molar-refractivity contribution in [1.29, 1.82) is 0 Å². The lowest BCUT2D eigenvalue weighted by Crippen LogP contribution is -2.66. The highest BCUT2D eigenvalue weighted by Crippen LogP contribution is 2.62. The van der Waals surface area contributed by atoms with Crippen LogP contribution in [0.3, 0.4) is 0 Å². The lowest BCUT2D eigenvalue weighted by atomic mass is 9.82. The molecule has 0 fully saturated rings. The predicted molar refractivity (Wildman–Crippen MR) is 74.9 cm³/mol. The average Bonchev–Trinajstić information content (AvgIpc) is 2.53. The van der Waals surface area contributed by atoms with Crippen LogP contribution >= 0.6 is 0 Å². The van der Waals surface area contributed by atoms with Gasteiger partial charge in [0, 0.05) is 7.05 Å². The van der Waals surface area contributed by atoms with Crippen molar-refractivity contribution in [3.63, 3.8) is 0 Å². The second-order valence-corrected chi connectivity index (χ2v) is 6.55. The summed E-state index contributed by atoms with van der Waals surface area (Å²) in [6, 6.07) is 0. The second-order valence-electron chi connectivity index (χ2n) is 6.55. The molecular weight excluding hydrogens is 588 g/mol. The van der Waals surface area contributed by atoms with Crippen molar-refractivity contribution in [2.75, 3.05) is 12.1 Å². The summed E-state index contributed by atoms with van der Waals surface area (Å²) < 4.78 is 240. The fourth-order valence-electron chi connectivity index (χ4n) is 2.65. The Balaban J connectivity index is 4.68. The first kappa shape index (κ1) is 32.5. The van der Waals surface area contributed by atoms with E-state index in [0.717, 1.165) is 4.98 Å². The SMILES string of the molecule is CN(c1nc(C(C(F)(F)F)(C(F)(F)F)C(F)(F)F)nc(C(C(F)(F)F)(C(F)(F)F)C(F)(F)F)n1)N([O-])O. The van der Waals surface area contributed by atoms with Crippen LogP contribution in [0.25, 0.3) is 0 Å². The monoisotopic (exact) mass is 592 g/mol. The molecule has 0 unspecified atom stereocenters.